The van der Waals surface area contributed by atoms with E-state index < -0.39 is 0 Å². The standard InChI is InChI=1S/C8H16N2O2/c1-8(11)9-12-7-6-10-4-2-3-5-10/h2-7H2,1H3,(H,9,11). The van der Waals surface area contributed by atoms with Crippen LogP contribution in [0, 0.1) is 0 Å². The molecule has 0 aromatic rings. The van der Waals surface area contributed by atoms with Crippen molar-refractivity contribution in [3.05, 3.63) is 0 Å². The Hall–Kier alpha value is -0.610. The van der Waals surface area contributed by atoms with Crippen LogP contribution in [0.4, 0.5) is 0 Å². The van der Waals surface area contributed by atoms with Gasteiger partial charge in [0, 0.05) is 13.5 Å². The average Bonchev–Trinajstić information content (AvgIpc) is 2.49. The van der Waals surface area contributed by atoms with E-state index in [4.69, 9.17) is 4.84 Å². The minimum atomic E-state index is -0.142. The van der Waals surface area contributed by atoms with Crippen LogP contribution in [0.5, 0.6) is 0 Å². The third kappa shape index (κ3) is 3.69. The first-order valence-corrected chi connectivity index (χ1v) is 4.40. The zero-order valence-electron chi connectivity index (χ0n) is 7.51. The SMILES string of the molecule is CC(=O)NOCCN1CCCC1. The van der Waals surface area contributed by atoms with E-state index in [-0.39, 0.29) is 5.91 Å². The molecule has 0 unspecified atom stereocenters. The second kappa shape index (κ2) is 5.11. The monoisotopic (exact) mass is 172 g/mol. The molecule has 1 amide bonds. The summed E-state index contributed by atoms with van der Waals surface area (Å²) in [5.41, 5.74) is 2.30. The number of carbonyl (C=O) groups is 1. The number of hydroxylamine groups is 1. The predicted octanol–water partition coefficient (Wildman–Crippen LogP) is 0.150. The molecular formula is C8H16N2O2. The minimum absolute atomic E-state index is 0.142. The lowest BCUT2D eigenvalue weighted by molar-refractivity contribution is -0.131. The molecule has 0 spiro atoms. The Morgan fingerprint density at radius 3 is 2.75 bits per heavy atom. The molecule has 0 aromatic heterocycles. The lowest BCUT2D eigenvalue weighted by atomic mass is 10.4. The Morgan fingerprint density at radius 1 is 1.50 bits per heavy atom. The van der Waals surface area contributed by atoms with Crippen LogP contribution >= 0.6 is 0 Å². The lowest BCUT2D eigenvalue weighted by Gasteiger charge is -2.13. The molecule has 0 radical (unpaired) electrons. The van der Waals surface area contributed by atoms with E-state index in [0.29, 0.717) is 6.61 Å². The largest absolute Gasteiger partial charge is 0.301 e. The quantitative estimate of drug-likeness (QED) is 0.485. The van der Waals surface area contributed by atoms with Crippen molar-refractivity contribution in [1.29, 1.82) is 0 Å². The second-order valence-corrected chi connectivity index (χ2v) is 3.06. The van der Waals surface area contributed by atoms with Crippen LogP contribution < -0.4 is 5.48 Å². The maximum atomic E-state index is 10.4. The molecule has 12 heavy (non-hydrogen) atoms. The first-order valence-electron chi connectivity index (χ1n) is 4.40. The summed E-state index contributed by atoms with van der Waals surface area (Å²) in [6.45, 7) is 5.28. The van der Waals surface area contributed by atoms with Crippen LogP contribution in [-0.4, -0.2) is 37.0 Å². The molecule has 70 valence electrons. The molecule has 1 aliphatic rings. The molecule has 0 aliphatic carbocycles. The summed E-state index contributed by atoms with van der Waals surface area (Å²) in [7, 11) is 0. The van der Waals surface area contributed by atoms with Crippen molar-refractivity contribution in [1.82, 2.24) is 10.4 Å². The molecule has 0 saturated carbocycles. The van der Waals surface area contributed by atoms with Gasteiger partial charge in [0.05, 0.1) is 6.61 Å². The molecular weight excluding hydrogens is 156 g/mol. The number of hydrogen-bond acceptors (Lipinski definition) is 3. The maximum Gasteiger partial charge on any atom is 0.240 e. The van der Waals surface area contributed by atoms with Gasteiger partial charge in [0.1, 0.15) is 0 Å². The molecule has 4 heteroatoms. The molecule has 1 rings (SSSR count). The molecule has 1 saturated heterocycles. The second-order valence-electron chi connectivity index (χ2n) is 3.06. The number of rotatable bonds is 4. The fourth-order valence-corrected chi connectivity index (χ4v) is 1.33. The molecule has 1 fully saturated rings. The van der Waals surface area contributed by atoms with E-state index in [1.165, 1.54) is 32.9 Å². The highest BCUT2D eigenvalue weighted by atomic mass is 16.6. The fraction of sp³-hybridized carbons (Fsp3) is 0.875. The molecule has 1 heterocycles. The molecule has 0 aromatic carbocycles. The maximum absolute atomic E-state index is 10.4. The van der Waals surface area contributed by atoms with Crippen LogP contribution in [0.25, 0.3) is 0 Å². The highest BCUT2D eigenvalue weighted by molar-refractivity contribution is 5.71. The smallest absolute Gasteiger partial charge is 0.240 e. The van der Waals surface area contributed by atoms with Crippen LogP contribution in [-0.2, 0) is 9.63 Å². The number of nitrogens with one attached hydrogen (secondary N) is 1. The first kappa shape index (κ1) is 9.48. The van der Waals surface area contributed by atoms with Crippen LogP contribution in [0.2, 0.25) is 0 Å². The number of nitrogens with zero attached hydrogens (tertiary/aromatic N) is 1. The van der Waals surface area contributed by atoms with E-state index in [1.54, 1.807) is 0 Å². The van der Waals surface area contributed by atoms with Crippen LogP contribution in [0.1, 0.15) is 19.8 Å². The number of likely N-dealkylation sites (tertiary alicyclic amines) is 1. The van der Waals surface area contributed by atoms with Crippen molar-refractivity contribution in [2.24, 2.45) is 0 Å². The Balaban J connectivity index is 1.91. The van der Waals surface area contributed by atoms with Crippen molar-refractivity contribution in [3.63, 3.8) is 0 Å². The van der Waals surface area contributed by atoms with Gasteiger partial charge in [0.25, 0.3) is 0 Å². The number of hydrogen-bond donors (Lipinski definition) is 1. The van der Waals surface area contributed by atoms with Crippen molar-refractivity contribution >= 4 is 5.91 Å². The van der Waals surface area contributed by atoms with Crippen LogP contribution in [0.3, 0.4) is 0 Å². The summed E-state index contributed by atoms with van der Waals surface area (Å²) in [5, 5.41) is 0. The third-order valence-corrected chi connectivity index (χ3v) is 1.92. The first-order chi connectivity index (χ1) is 5.79. The number of carbonyl (C=O) groups excluding carboxylic acids is 1. The minimum Gasteiger partial charge on any atom is -0.301 e. The Morgan fingerprint density at radius 2 is 2.17 bits per heavy atom. The summed E-state index contributed by atoms with van der Waals surface area (Å²) in [6.07, 6.45) is 2.58. The molecule has 0 atom stereocenters. The highest BCUT2D eigenvalue weighted by Crippen LogP contribution is 2.05. The summed E-state index contributed by atoms with van der Waals surface area (Å²) in [6, 6.07) is 0. The van der Waals surface area contributed by atoms with E-state index in [9.17, 15) is 4.79 Å². The lowest BCUT2D eigenvalue weighted by Crippen LogP contribution is -2.28. The van der Waals surface area contributed by atoms with Gasteiger partial charge in [0.2, 0.25) is 5.91 Å². The van der Waals surface area contributed by atoms with Crippen molar-refractivity contribution < 1.29 is 9.63 Å². The predicted molar refractivity (Wildman–Crippen MR) is 45.4 cm³/mol. The van der Waals surface area contributed by atoms with Gasteiger partial charge in [-0.05, 0) is 25.9 Å². The average molecular weight is 172 g/mol. The van der Waals surface area contributed by atoms with Gasteiger partial charge < -0.3 is 4.90 Å². The molecule has 1 aliphatic heterocycles. The number of amides is 1. The molecule has 0 bridgehead atoms. The van der Waals surface area contributed by atoms with Gasteiger partial charge >= 0.3 is 0 Å². The Kier molecular flexibility index (Phi) is 4.04. The zero-order valence-corrected chi connectivity index (χ0v) is 7.51. The molecule has 1 N–H and O–H groups in total. The Labute approximate surface area is 72.8 Å². The van der Waals surface area contributed by atoms with Crippen molar-refractivity contribution in [3.8, 4) is 0 Å². The fourth-order valence-electron chi connectivity index (χ4n) is 1.33. The summed E-state index contributed by atoms with van der Waals surface area (Å²) >= 11 is 0. The van der Waals surface area contributed by atoms with Gasteiger partial charge in [-0.25, -0.2) is 5.48 Å². The van der Waals surface area contributed by atoms with E-state index in [2.05, 4.69) is 10.4 Å². The summed E-state index contributed by atoms with van der Waals surface area (Å²) < 4.78 is 0. The van der Waals surface area contributed by atoms with E-state index in [0.717, 1.165) is 6.54 Å². The Bertz CT molecular complexity index is 144. The van der Waals surface area contributed by atoms with Crippen molar-refractivity contribution in [2.45, 2.75) is 19.8 Å². The van der Waals surface area contributed by atoms with Gasteiger partial charge in [-0.2, -0.15) is 0 Å². The van der Waals surface area contributed by atoms with Crippen LogP contribution in [0.15, 0.2) is 0 Å². The zero-order chi connectivity index (χ0) is 8.81. The topological polar surface area (TPSA) is 41.6 Å². The normalized spacial score (nSPS) is 18.1. The van der Waals surface area contributed by atoms with Gasteiger partial charge in [-0.1, -0.05) is 0 Å². The van der Waals surface area contributed by atoms with Crippen molar-refractivity contribution in [2.75, 3.05) is 26.2 Å². The van der Waals surface area contributed by atoms with E-state index in [1.807, 2.05) is 0 Å². The van der Waals surface area contributed by atoms with Gasteiger partial charge in [0.15, 0.2) is 0 Å². The van der Waals surface area contributed by atoms with Gasteiger partial charge in [-0.3, -0.25) is 9.63 Å². The van der Waals surface area contributed by atoms with Gasteiger partial charge in [-0.15, -0.1) is 0 Å². The summed E-state index contributed by atoms with van der Waals surface area (Å²) in [5.74, 6) is -0.142. The molecule has 4 nitrogen and oxygen atoms in total. The van der Waals surface area contributed by atoms with E-state index >= 15 is 0 Å². The summed E-state index contributed by atoms with van der Waals surface area (Å²) in [4.78, 5) is 17.6. The highest BCUT2D eigenvalue weighted by Gasteiger charge is 2.10. The third-order valence-electron chi connectivity index (χ3n) is 1.92.